The Morgan fingerprint density at radius 3 is 2.21 bits per heavy atom. The Hall–Kier alpha value is -1.39. The van der Waals surface area contributed by atoms with Crippen LogP contribution in [0, 0.1) is 13.8 Å². The molecular formula is C14H25N3O2. The summed E-state index contributed by atoms with van der Waals surface area (Å²) in [7, 11) is 0. The van der Waals surface area contributed by atoms with Crippen LogP contribution in [0.1, 0.15) is 62.8 Å². The lowest BCUT2D eigenvalue weighted by atomic mass is 10.1. The summed E-state index contributed by atoms with van der Waals surface area (Å²) >= 11 is 0. The molecule has 0 saturated carbocycles. The van der Waals surface area contributed by atoms with Crippen LogP contribution < -0.4 is 9.79 Å². The Kier molecular flexibility index (Phi) is 7.15. The first kappa shape index (κ1) is 15.7. The summed E-state index contributed by atoms with van der Waals surface area (Å²) < 4.78 is 2.09. The third kappa shape index (κ3) is 6.36. The highest BCUT2D eigenvalue weighted by molar-refractivity contribution is 5.63. The fourth-order valence-electron chi connectivity index (χ4n) is 2.13. The number of H-pyrrole nitrogens is 1. The van der Waals surface area contributed by atoms with Gasteiger partial charge in [-0.05, 0) is 25.7 Å². The highest BCUT2D eigenvalue weighted by Gasteiger charge is 2.10. The topological polar surface area (TPSA) is 72.7 Å². The zero-order valence-corrected chi connectivity index (χ0v) is 12.1. The molecule has 1 heterocycles. The molecule has 0 bridgehead atoms. The number of aromatic amines is 1. The van der Waals surface area contributed by atoms with Gasteiger partial charge in [0.15, 0.2) is 5.69 Å². The lowest BCUT2D eigenvalue weighted by Crippen LogP contribution is -2.38. The normalized spacial score (nSPS) is 10.8. The van der Waals surface area contributed by atoms with Gasteiger partial charge in [0.05, 0.1) is 0 Å². The second kappa shape index (κ2) is 8.67. The molecular weight excluding hydrogens is 242 g/mol. The number of carboxylic acid groups (broad SMARTS) is 1. The zero-order chi connectivity index (χ0) is 14.1. The van der Waals surface area contributed by atoms with Crippen molar-refractivity contribution in [2.24, 2.45) is 0 Å². The van der Waals surface area contributed by atoms with Crippen molar-refractivity contribution < 1.29 is 14.6 Å². The van der Waals surface area contributed by atoms with Crippen molar-refractivity contribution >= 4 is 5.97 Å². The number of unbranched alkanes of at least 4 members (excludes halogenated alkanes) is 6. The quantitative estimate of drug-likeness (QED) is 0.511. The first-order valence-electron chi connectivity index (χ1n) is 7.22. The molecule has 0 radical (unpaired) electrons. The van der Waals surface area contributed by atoms with Crippen molar-refractivity contribution in [2.45, 2.75) is 71.8 Å². The minimum Gasteiger partial charge on any atom is -0.550 e. The van der Waals surface area contributed by atoms with Gasteiger partial charge in [0.25, 0.3) is 0 Å². The maximum Gasteiger partial charge on any atom is 0.218 e. The molecule has 5 heteroatoms. The second-order valence-electron chi connectivity index (χ2n) is 5.13. The van der Waals surface area contributed by atoms with E-state index in [1.165, 1.54) is 25.0 Å². The van der Waals surface area contributed by atoms with Gasteiger partial charge in [0, 0.05) is 24.9 Å². The smallest absolute Gasteiger partial charge is 0.218 e. The summed E-state index contributed by atoms with van der Waals surface area (Å²) in [5.41, 5.74) is 2.27. The monoisotopic (exact) mass is 267 g/mol. The van der Waals surface area contributed by atoms with E-state index in [-0.39, 0.29) is 6.42 Å². The van der Waals surface area contributed by atoms with E-state index in [1.807, 2.05) is 6.92 Å². The zero-order valence-electron chi connectivity index (χ0n) is 12.1. The van der Waals surface area contributed by atoms with E-state index in [2.05, 4.69) is 21.9 Å². The fraction of sp³-hybridized carbons (Fsp3) is 0.786. The van der Waals surface area contributed by atoms with Crippen LogP contribution in [0.3, 0.4) is 0 Å². The van der Waals surface area contributed by atoms with Crippen molar-refractivity contribution in [3.05, 3.63) is 11.4 Å². The maximum atomic E-state index is 10.2. The number of carbonyl (C=O) groups excluding carboxylic acids is 1. The Bertz CT molecular complexity index is 388. The number of aromatic nitrogens is 3. The number of hydrogen-bond donors (Lipinski definition) is 1. The molecule has 5 nitrogen and oxygen atoms in total. The summed E-state index contributed by atoms with van der Waals surface area (Å²) in [6, 6.07) is 0. The molecule has 1 aromatic rings. The van der Waals surface area contributed by atoms with Crippen LogP contribution in [0.2, 0.25) is 0 Å². The second-order valence-corrected chi connectivity index (χ2v) is 5.13. The SMILES string of the molecule is Cc1n[nH][n+](CCCCCCCCCC(=O)[O-])c1C. The summed E-state index contributed by atoms with van der Waals surface area (Å²) in [5, 5.41) is 17.4. The van der Waals surface area contributed by atoms with Gasteiger partial charge in [-0.25, -0.2) is 0 Å². The predicted octanol–water partition coefficient (Wildman–Crippen LogP) is 1.18. The van der Waals surface area contributed by atoms with Crippen molar-refractivity contribution in [1.82, 2.24) is 10.3 Å². The van der Waals surface area contributed by atoms with Crippen LogP contribution >= 0.6 is 0 Å². The van der Waals surface area contributed by atoms with Gasteiger partial charge in [0.1, 0.15) is 6.54 Å². The molecule has 0 spiro atoms. The Morgan fingerprint density at radius 1 is 1.11 bits per heavy atom. The van der Waals surface area contributed by atoms with E-state index in [4.69, 9.17) is 0 Å². The third-order valence-electron chi connectivity index (χ3n) is 3.53. The Balaban J connectivity index is 1.94. The molecule has 1 rings (SSSR count). The number of aliphatic carboxylic acids is 1. The summed E-state index contributed by atoms with van der Waals surface area (Å²) in [5.74, 6) is -0.928. The van der Waals surface area contributed by atoms with Gasteiger partial charge in [0.2, 0.25) is 5.69 Å². The lowest BCUT2D eigenvalue weighted by Gasteiger charge is -2.02. The van der Waals surface area contributed by atoms with Crippen LogP contribution in [-0.4, -0.2) is 16.3 Å². The molecule has 1 N–H and O–H groups in total. The predicted molar refractivity (Wildman–Crippen MR) is 70.2 cm³/mol. The molecule has 0 amide bonds. The molecule has 1 aromatic heterocycles. The minimum absolute atomic E-state index is 0.203. The average molecular weight is 267 g/mol. The standard InChI is InChI=1S/C14H25N3O2/c1-12-13(2)17(16-15-12)11-9-7-5-3-4-6-8-10-14(18)19/h3-11H2,1-2H3,(H,18,19). The maximum absolute atomic E-state index is 10.2. The molecule has 0 saturated heterocycles. The van der Waals surface area contributed by atoms with Gasteiger partial charge >= 0.3 is 0 Å². The van der Waals surface area contributed by atoms with E-state index in [1.54, 1.807) is 0 Å². The largest absolute Gasteiger partial charge is 0.550 e. The van der Waals surface area contributed by atoms with Gasteiger partial charge in [-0.3, -0.25) is 0 Å². The van der Waals surface area contributed by atoms with Crippen molar-refractivity contribution in [3.63, 3.8) is 0 Å². The molecule has 0 aliphatic rings. The molecule has 108 valence electrons. The Morgan fingerprint density at radius 2 is 1.68 bits per heavy atom. The van der Waals surface area contributed by atoms with Crippen molar-refractivity contribution in [2.75, 3.05) is 0 Å². The number of nitrogens with one attached hydrogen (secondary N) is 1. The molecule has 0 atom stereocenters. The number of aryl methyl sites for hydroxylation is 2. The third-order valence-corrected chi connectivity index (χ3v) is 3.53. The van der Waals surface area contributed by atoms with E-state index in [9.17, 15) is 9.90 Å². The van der Waals surface area contributed by atoms with Crippen LogP contribution in [0.25, 0.3) is 0 Å². The molecule has 19 heavy (non-hydrogen) atoms. The van der Waals surface area contributed by atoms with E-state index in [0.29, 0.717) is 0 Å². The fourth-order valence-corrected chi connectivity index (χ4v) is 2.13. The Labute approximate surface area is 115 Å². The minimum atomic E-state index is -0.928. The van der Waals surface area contributed by atoms with E-state index in [0.717, 1.165) is 37.9 Å². The summed E-state index contributed by atoms with van der Waals surface area (Å²) in [6.45, 7) is 5.09. The summed E-state index contributed by atoms with van der Waals surface area (Å²) in [6.07, 6.45) is 7.87. The molecule has 0 aliphatic carbocycles. The molecule has 0 aromatic carbocycles. The number of hydrogen-bond acceptors (Lipinski definition) is 3. The van der Waals surface area contributed by atoms with Gasteiger partial charge in [-0.2, -0.15) is 4.68 Å². The van der Waals surface area contributed by atoms with Crippen LogP contribution in [0.4, 0.5) is 0 Å². The van der Waals surface area contributed by atoms with Crippen molar-refractivity contribution in [3.8, 4) is 0 Å². The van der Waals surface area contributed by atoms with Crippen molar-refractivity contribution in [1.29, 1.82) is 0 Å². The summed E-state index contributed by atoms with van der Waals surface area (Å²) in [4.78, 5) is 10.2. The number of nitrogens with zero attached hydrogens (tertiary/aromatic N) is 2. The van der Waals surface area contributed by atoms with Gasteiger partial charge in [-0.15, -0.1) is 0 Å². The highest BCUT2D eigenvalue weighted by Crippen LogP contribution is 2.08. The first-order chi connectivity index (χ1) is 9.11. The number of carboxylic acids is 1. The number of rotatable bonds is 10. The first-order valence-corrected chi connectivity index (χ1v) is 7.22. The molecule has 0 fully saturated rings. The van der Waals surface area contributed by atoms with Crippen LogP contribution in [-0.2, 0) is 11.3 Å². The highest BCUT2D eigenvalue weighted by atomic mass is 16.4. The van der Waals surface area contributed by atoms with Gasteiger partial charge in [-0.1, -0.05) is 30.9 Å². The van der Waals surface area contributed by atoms with Crippen LogP contribution in [0.15, 0.2) is 0 Å². The average Bonchev–Trinajstić information content (AvgIpc) is 2.68. The van der Waals surface area contributed by atoms with Crippen LogP contribution in [0.5, 0.6) is 0 Å². The lowest BCUT2D eigenvalue weighted by molar-refractivity contribution is -0.759. The molecule has 0 unspecified atom stereocenters. The van der Waals surface area contributed by atoms with E-state index < -0.39 is 5.97 Å². The molecule has 0 aliphatic heterocycles. The number of carbonyl (C=O) groups is 1. The van der Waals surface area contributed by atoms with E-state index >= 15 is 0 Å². The van der Waals surface area contributed by atoms with Gasteiger partial charge < -0.3 is 9.90 Å².